The van der Waals surface area contributed by atoms with Crippen molar-refractivity contribution in [3.8, 4) is 0 Å². The third kappa shape index (κ3) is 3.92. The van der Waals surface area contributed by atoms with Crippen LogP contribution in [0.1, 0.15) is 12.0 Å². The maximum absolute atomic E-state index is 11.3. The minimum absolute atomic E-state index is 0.228. The van der Waals surface area contributed by atoms with E-state index in [0.29, 0.717) is 17.7 Å². The van der Waals surface area contributed by atoms with Crippen LogP contribution in [-0.2, 0) is 16.3 Å². The highest BCUT2D eigenvalue weighted by atomic mass is 32.2. The standard InChI is InChI=1S/C11H17NO3S/c1-16(14,15)11-4-2-3-9(7-11)5-6-10(13)8-12/h2-4,7,10,13H,5-6,8,12H2,1H3. The van der Waals surface area contributed by atoms with Crippen molar-refractivity contribution in [1.82, 2.24) is 0 Å². The molecule has 1 unspecified atom stereocenters. The zero-order valence-electron chi connectivity index (χ0n) is 9.26. The van der Waals surface area contributed by atoms with Gasteiger partial charge in [0, 0.05) is 12.8 Å². The van der Waals surface area contributed by atoms with Crippen molar-refractivity contribution < 1.29 is 13.5 Å². The van der Waals surface area contributed by atoms with Gasteiger partial charge in [0.25, 0.3) is 0 Å². The van der Waals surface area contributed by atoms with Crippen molar-refractivity contribution in [2.45, 2.75) is 23.8 Å². The summed E-state index contributed by atoms with van der Waals surface area (Å²) in [5.41, 5.74) is 6.19. The topological polar surface area (TPSA) is 80.4 Å². The number of benzene rings is 1. The molecule has 0 aliphatic heterocycles. The summed E-state index contributed by atoms with van der Waals surface area (Å²) in [7, 11) is -3.16. The van der Waals surface area contributed by atoms with Crippen LogP contribution < -0.4 is 5.73 Å². The molecule has 90 valence electrons. The van der Waals surface area contributed by atoms with Gasteiger partial charge in [-0.1, -0.05) is 12.1 Å². The van der Waals surface area contributed by atoms with Crippen LogP contribution in [0, 0.1) is 0 Å². The molecule has 16 heavy (non-hydrogen) atoms. The Bertz CT molecular complexity index is 442. The molecule has 0 aliphatic carbocycles. The van der Waals surface area contributed by atoms with Gasteiger partial charge in [-0.3, -0.25) is 0 Å². The number of hydrogen-bond acceptors (Lipinski definition) is 4. The Balaban J connectivity index is 2.76. The summed E-state index contributed by atoms with van der Waals surface area (Å²) < 4.78 is 22.6. The van der Waals surface area contributed by atoms with Crippen molar-refractivity contribution in [2.75, 3.05) is 12.8 Å². The minimum atomic E-state index is -3.16. The van der Waals surface area contributed by atoms with Crippen LogP contribution in [0.2, 0.25) is 0 Å². The van der Waals surface area contributed by atoms with Gasteiger partial charge in [-0.25, -0.2) is 8.42 Å². The molecular formula is C11H17NO3S. The summed E-state index contributed by atoms with van der Waals surface area (Å²) >= 11 is 0. The second-order valence-corrected chi connectivity index (χ2v) is 5.86. The van der Waals surface area contributed by atoms with E-state index in [1.807, 2.05) is 6.07 Å². The predicted octanol–water partition coefficient (Wildman–Crippen LogP) is 0.342. The molecule has 4 nitrogen and oxygen atoms in total. The fourth-order valence-electron chi connectivity index (χ4n) is 1.38. The number of hydrogen-bond donors (Lipinski definition) is 2. The molecule has 1 aromatic rings. The molecule has 0 amide bonds. The van der Waals surface area contributed by atoms with Gasteiger partial charge in [-0.2, -0.15) is 0 Å². The maximum atomic E-state index is 11.3. The molecule has 0 spiro atoms. The average Bonchev–Trinajstić information content (AvgIpc) is 2.25. The van der Waals surface area contributed by atoms with Crippen molar-refractivity contribution in [3.63, 3.8) is 0 Å². The molecule has 0 saturated carbocycles. The summed E-state index contributed by atoms with van der Waals surface area (Å²) in [6.45, 7) is 0.228. The summed E-state index contributed by atoms with van der Waals surface area (Å²) in [5.74, 6) is 0. The molecule has 0 heterocycles. The molecule has 0 aliphatic rings. The summed E-state index contributed by atoms with van der Waals surface area (Å²) in [5, 5.41) is 9.31. The molecule has 0 radical (unpaired) electrons. The Kier molecular flexibility index (Phi) is 4.46. The van der Waals surface area contributed by atoms with Crippen LogP contribution in [0.5, 0.6) is 0 Å². The second kappa shape index (κ2) is 5.43. The Morgan fingerprint density at radius 2 is 2.12 bits per heavy atom. The lowest BCUT2D eigenvalue weighted by Gasteiger charge is -2.08. The molecule has 0 fully saturated rings. The smallest absolute Gasteiger partial charge is 0.175 e. The first-order valence-electron chi connectivity index (χ1n) is 5.10. The van der Waals surface area contributed by atoms with E-state index in [2.05, 4.69) is 0 Å². The van der Waals surface area contributed by atoms with Crippen molar-refractivity contribution >= 4 is 9.84 Å². The molecule has 5 heteroatoms. The van der Waals surface area contributed by atoms with Gasteiger partial charge in [-0.15, -0.1) is 0 Å². The first kappa shape index (κ1) is 13.2. The van der Waals surface area contributed by atoms with Gasteiger partial charge >= 0.3 is 0 Å². The highest BCUT2D eigenvalue weighted by Gasteiger charge is 2.08. The van der Waals surface area contributed by atoms with Crippen LogP contribution >= 0.6 is 0 Å². The van der Waals surface area contributed by atoms with Crippen LogP contribution in [-0.4, -0.2) is 32.4 Å². The van der Waals surface area contributed by atoms with E-state index in [9.17, 15) is 13.5 Å². The molecule has 1 aromatic carbocycles. The van der Waals surface area contributed by atoms with Gasteiger partial charge in [0.15, 0.2) is 9.84 Å². The van der Waals surface area contributed by atoms with Crippen molar-refractivity contribution in [2.24, 2.45) is 5.73 Å². The van der Waals surface area contributed by atoms with Gasteiger partial charge < -0.3 is 10.8 Å². The number of aryl methyl sites for hydroxylation is 1. The van der Waals surface area contributed by atoms with Crippen molar-refractivity contribution in [1.29, 1.82) is 0 Å². The minimum Gasteiger partial charge on any atom is -0.392 e. The first-order valence-corrected chi connectivity index (χ1v) is 6.99. The lowest BCUT2D eigenvalue weighted by atomic mass is 10.1. The third-order valence-electron chi connectivity index (χ3n) is 2.36. The van der Waals surface area contributed by atoms with Gasteiger partial charge in [-0.05, 0) is 30.5 Å². The molecule has 1 atom stereocenters. The van der Waals surface area contributed by atoms with Crippen LogP contribution in [0.15, 0.2) is 29.2 Å². The third-order valence-corrected chi connectivity index (χ3v) is 3.48. The van der Waals surface area contributed by atoms with Gasteiger partial charge in [0.1, 0.15) is 0 Å². The summed E-state index contributed by atoms with van der Waals surface area (Å²) in [4.78, 5) is 0.312. The number of nitrogens with two attached hydrogens (primary N) is 1. The van der Waals surface area contributed by atoms with E-state index in [-0.39, 0.29) is 6.54 Å². The fraction of sp³-hybridized carbons (Fsp3) is 0.455. The van der Waals surface area contributed by atoms with Crippen LogP contribution in [0.4, 0.5) is 0 Å². The average molecular weight is 243 g/mol. The van der Waals surface area contributed by atoms with Gasteiger partial charge in [0.05, 0.1) is 11.0 Å². The normalized spacial score (nSPS) is 13.7. The van der Waals surface area contributed by atoms with E-state index >= 15 is 0 Å². The largest absolute Gasteiger partial charge is 0.392 e. The number of aliphatic hydroxyl groups is 1. The van der Waals surface area contributed by atoms with Crippen LogP contribution in [0.25, 0.3) is 0 Å². The van der Waals surface area contributed by atoms with E-state index in [0.717, 1.165) is 5.56 Å². The summed E-state index contributed by atoms with van der Waals surface area (Å²) in [6, 6.07) is 6.76. The van der Waals surface area contributed by atoms with E-state index in [1.54, 1.807) is 18.2 Å². The lowest BCUT2D eigenvalue weighted by molar-refractivity contribution is 0.173. The lowest BCUT2D eigenvalue weighted by Crippen LogP contribution is -2.20. The monoisotopic (exact) mass is 243 g/mol. The molecule has 0 bridgehead atoms. The Morgan fingerprint density at radius 1 is 1.44 bits per heavy atom. The van der Waals surface area contributed by atoms with E-state index in [1.165, 1.54) is 6.26 Å². The predicted molar refractivity (Wildman–Crippen MR) is 62.9 cm³/mol. The van der Waals surface area contributed by atoms with Crippen LogP contribution in [0.3, 0.4) is 0 Å². The quantitative estimate of drug-likeness (QED) is 0.781. The maximum Gasteiger partial charge on any atom is 0.175 e. The molecule has 0 saturated heterocycles. The zero-order chi connectivity index (χ0) is 12.2. The Morgan fingerprint density at radius 3 is 2.69 bits per heavy atom. The molecular weight excluding hydrogens is 226 g/mol. The first-order chi connectivity index (χ1) is 7.43. The number of sulfone groups is 1. The SMILES string of the molecule is CS(=O)(=O)c1cccc(CCC(O)CN)c1. The van der Waals surface area contributed by atoms with Gasteiger partial charge in [0.2, 0.25) is 0 Å². The molecule has 1 rings (SSSR count). The second-order valence-electron chi connectivity index (χ2n) is 3.85. The highest BCUT2D eigenvalue weighted by Crippen LogP contribution is 2.13. The zero-order valence-corrected chi connectivity index (χ0v) is 10.1. The Labute approximate surface area is 96.0 Å². The molecule has 3 N–H and O–H groups in total. The Hall–Kier alpha value is -0.910. The van der Waals surface area contributed by atoms with Crippen molar-refractivity contribution in [3.05, 3.63) is 29.8 Å². The molecule has 0 aromatic heterocycles. The summed E-state index contributed by atoms with van der Waals surface area (Å²) in [6.07, 6.45) is 1.83. The fourth-order valence-corrected chi connectivity index (χ4v) is 2.07. The van der Waals surface area contributed by atoms with E-state index < -0.39 is 15.9 Å². The number of rotatable bonds is 5. The van der Waals surface area contributed by atoms with E-state index in [4.69, 9.17) is 5.73 Å². The number of aliphatic hydroxyl groups excluding tert-OH is 1. The highest BCUT2D eigenvalue weighted by molar-refractivity contribution is 7.90.